The molecule has 0 saturated carbocycles. The van der Waals surface area contributed by atoms with Gasteiger partial charge in [0.15, 0.2) is 0 Å². The number of aromatic nitrogens is 4. The molecule has 0 bridgehead atoms. The van der Waals surface area contributed by atoms with E-state index in [2.05, 4.69) is 25.8 Å². The minimum Gasteiger partial charge on any atom is -0.273 e. The Balaban J connectivity index is 1.44. The molecule has 2 N–H and O–H groups in total. The zero-order valence-corrected chi connectivity index (χ0v) is 15.0. The van der Waals surface area contributed by atoms with Gasteiger partial charge in [-0.1, -0.05) is 6.07 Å². The second kappa shape index (κ2) is 6.89. The Morgan fingerprint density at radius 1 is 1.04 bits per heavy atom. The molecule has 27 heavy (non-hydrogen) atoms. The fourth-order valence-electron chi connectivity index (χ4n) is 3.01. The van der Waals surface area contributed by atoms with Gasteiger partial charge in [0.1, 0.15) is 6.33 Å². The number of rotatable bonds is 5. The van der Waals surface area contributed by atoms with E-state index < -0.39 is 15.9 Å². The highest BCUT2D eigenvalue weighted by Crippen LogP contribution is 2.24. The van der Waals surface area contributed by atoms with Crippen molar-refractivity contribution in [1.29, 1.82) is 0 Å². The van der Waals surface area contributed by atoms with Crippen molar-refractivity contribution in [3.63, 3.8) is 0 Å². The summed E-state index contributed by atoms with van der Waals surface area (Å²) < 4.78 is 26.3. The third-order valence-corrected chi connectivity index (χ3v) is 5.67. The van der Waals surface area contributed by atoms with Gasteiger partial charge in [0, 0.05) is 5.56 Å². The van der Waals surface area contributed by atoms with Crippen LogP contribution in [0.4, 0.5) is 0 Å². The van der Waals surface area contributed by atoms with Crippen LogP contribution in [0.15, 0.2) is 53.7 Å². The zero-order chi connectivity index (χ0) is 18.9. The Kier molecular flexibility index (Phi) is 4.42. The fraction of sp³-hybridized carbons (Fsp3) is 0.176. The fourth-order valence-corrected chi connectivity index (χ4v) is 3.89. The van der Waals surface area contributed by atoms with Gasteiger partial charge in [-0.2, -0.15) is 0 Å². The van der Waals surface area contributed by atoms with E-state index in [-0.39, 0.29) is 4.90 Å². The van der Waals surface area contributed by atoms with Crippen LogP contribution in [0.3, 0.4) is 0 Å². The van der Waals surface area contributed by atoms with Gasteiger partial charge in [0.25, 0.3) is 15.9 Å². The minimum absolute atomic E-state index is 0.137. The lowest BCUT2D eigenvalue weighted by Crippen LogP contribution is -2.41. The molecule has 3 aromatic rings. The molecule has 0 atom stereocenters. The van der Waals surface area contributed by atoms with Crippen LogP contribution in [0.5, 0.6) is 0 Å². The molecule has 0 unspecified atom stereocenters. The number of benzene rings is 2. The van der Waals surface area contributed by atoms with E-state index in [0.717, 1.165) is 24.8 Å². The molecular weight excluding hydrogens is 368 g/mol. The third kappa shape index (κ3) is 3.57. The first-order valence-corrected chi connectivity index (χ1v) is 9.79. The minimum atomic E-state index is -3.84. The van der Waals surface area contributed by atoms with Crippen LogP contribution in [0.2, 0.25) is 0 Å². The lowest BCUT2D eigenvalue weighted by molar-refractivity contribution is 0.0945. The highest BCUT2D eigenvalue weighted by molar-refractivity contribution is 7.89. The van der Waals surface area contributed by atoms with Crippen molar-refractivity contribution < 1.29 is 13.2 Å². The SMILES string of the molecule is O=C(NNS(=O)(=O)c1ccc2c(c1)CCC2)c1ccc(-n2cnnn2)cc1. The van der Waals surface area contributed by atoms with Gasteiger partial charge in [-0.25, -0.2) is 13.1 Å². The molecule has 10 heteroatoms. The van der Waals surface area contributed by atoms with Gasteiger partial charge in [0.2, 0.25) is 0 Å². The molecule has 1 heterocycles. The molecule has 0 fully saturated rings. The Hall–Kier alpha value is -3.11. The maximum absolute atomic E-state index is 12.4. The van der Waals surface area contributed by atoms with Crippen LogP contribution < -0.4 is 10.3 Å². The number of aryl methyl sites for hydroxylation is 2. The molecule has 9 nitrogen and oxygen atoms in total. The van der Waals surface area contributed by atoms with Gasteiger partial charge in [-0.05, 0) is 77.2 Å². The average molecular weight is 384 g/mol. The highest BCUT2D eigenvalue weighted by atomic mass is 32.2. The summed E-state index contributed by atoms with van der Waals surface area (Å²) >= 11 is 0. The molecule has 0 aliphatic heterocycles. The lowest BCUT2D eigenvalue weighted by Gasteiger charge is -2.10. The number of tetrazole rings is 1. The standard InChI is InChI=1S/C17H16N6O3S/c24-17(13-4-7-15(8-5-13)23-11-18-20-21-23)19-22-27(25,26)16-9-6-12-2-1-3-14(12)10-16/h4-11,22H,1-3H2,(H,19,24). The first-order chi connectivity index (χ1) is 13.0. The summed E-state index contributed by atoms with van der Waals surface area (Å²) in [5, 5.41) is 10.8. The maximum atomic E-state index is 12.4. The van der Waals surface area contributed by atoms with Crippen molar-refractivity contribution in [2.75, 3.05) is 0 Å². The molecule has 1 aromatic heterocycles. The number of hydrogen-bond acceptors (Lipinski definition) is 6. The molecule has 4 rings (SSSR count). The predicted molar refractivity (Wildman–Crippen MR) is 95.4 cm³/mol. The number of carbonyl (C=O) groups is 1. The first kappa shape index (κ1) is 17.3. The lowest BCUT2D eigenvalue weighted by atomic mass is 10.1. The number of fused-ring (bicyclic) bond motifs is 1. The summed E-state index contributed by atoms with van der Waals surface area (Å²) in [5.41, 5.74) is 5.43. The predicted octanol–water partition coefficient (Wildman–Crippen LogP) is 0.774. The molecule has 0 radical (unpaired) electrons. The summed E-state index contributed by atoms with van der Waals surface area (Å²) in [5.74, 6) is -0.567. The topological polar surface area (TPSA) is 119 Å². The third-order valence-electron chi connectivity index (χ3n) is 4.42. The molecule has 1 aliphatic carbocycles. The summed E-state index contributed by atoms with van der Waals surface area (Å²) in [7, 11) is -3.84. The van der Waals surface area contributed by atoms with Crippen LogP contribution >= 0.6 is 0 Å². The molecule has 1 aliphatic rings. The van der Waals surface area contributed by atoms with Crippen LogP contribution in [-0.4, -0.2) is 34.5 Å². The first-order valence-electron chi connectivity index (χ1n) is 8.30. The van der Waals surface area contributed by atoms with Gasteiger partial charge in [-0.15, -0.1) is 9.93 Å². The zero-order valence-electron chi connectivity index (χ0n) is 14.2. The van der Waals surface area contributed by atoms with Crippen molar-refractivity contribution in [3.05, 3.63) is 65.5 Å². The number of nitrogens with zero attached hydrogens (tertiary/aromatic N) is 4. The van der Waals surface area contributed by atoms with E-state index in [0.29, 0.717) is 11.3 Å². The second-order valence-electron chi connectivity index (χ2n) is 6.14. The molecule has 0 spiro atoms. The number of amides is 1. The van der Waals surface area contributed by atoms with Gasteiger partial charge in [0.05, 0.1) is 10.6 Å². The normalized spacial score (nSPS) is 13.3. The van der Waals surface area contributed by atoms with E-state index in [1.54, 1.807) is 36.4 Å². The second-order valence-corrected chi connectivity index (χ2v) is 7.83. The van der Waals surface area contributed by atoms with E-state index in [1.807, 2.05) is 6.07 Å². The maximum Gasteiger partial charge on any atom is 0.266 e. The van der Waals surface area contributed by atoms with E-state index >= 15 is 0 Å². The number of nitrogens with one attached hydrogen (secondary N) is 2. The van der Waals surface area contributed by atoms with Gasteiger partial charge < -0.3 is 0 Å². The summed E-state index contributed by atoms with van der Waals surface area (Å²) in [6.45, 7) is 0. The molecule has 2 aromatic carbocycles. The number of carbonyl (C=O) groups excluding carboxylic acids is 1. The van der Waals surface area contributed by atoms with Crippen LogP contribution in [-0.2, 0) is 22.9 Å². The smallest absolute Gasteiger partial charge is 0.266 e. The van der Waals surface area contributed by atoms with Gasteiger partial charge >= 0.3 is 0 Å². The summed E-state index contributed by atoms with van der Waals surface area (Å²) in [6.07, 6.45) is 4.31. The van der Waals surface area contributed by atoms with Crippen molar-refractivity contribution in [2.24, 2.45) is 0 Å². The number of hydrogen-bond donors (Lipinski definition) is 2. The highest BCUT2D eigenvalue weighted by Gasteiger charge is 2.19. The average Bonchev–Trinajstić information content (AvgIpc) is 3.37. The Bertz CT molecular complexity index is 1080. The Morgan fingerprint density at radius 2 is 1.81 bits per heavy atom. The summed E-state index contributed by atoms with van der Waals surface area (Å²) in [6, 6.07) is 11.5. The Labute approximate surface area is 155 Å². The van der Waals surface area contributed by atoms with Crippen LogP contribution in [0, 0.1) is 0 Å². The van der Waals surface area contributed by atoms with Crippen molar-refractivity contribution in [2.45, 2.75) is 24.2 Å². The van der Waals surface area contributed by atoms with E-state index in [1.165, 1.54) is 16.6 Å². The molecular formula is C17H16N6O3S. The van der Waals surface area contributed by atoms with Crippen molar-refractivity contribution in [1.82, 2.24) is 30.5 Å². The molecule has 0 saturated heterocycles. The van der Waals surface area contributed by atoms with Crippen molar-refractivity contribution >= 4 is 15.9 Å². The molecule has 1 amide bonds. The monoisotopic (exact) mass is 384 g/mol. The number of sulfonamides is 1. The van der Waals surface area contributed by atoms with Crippen LogP contribution in [0.1, 0.15) is 27.9 Å². The Morgan fingerprint density at radius 3 is 2.56 bits per heavy atom. The summed E-state index contributed by atoms with van der Waals surface area (Å²) in [4.78, 5) is 14.5. The van der Waals surface area contributed by atoms with Crippen molar-refractivity contribution in [3.8, 4) is 5.69 Å². The van der Waals surface area contributed by atoms with Gasteiger partial charge in [-0.3, -0.25) is 10.2 Å². The van der Waals surface area contributed by atoms with E-state index in [4.69, 9.17) is 0 Å². The van der Waals surface area contributed by atoms with Crippen LogP contribution in [0.25, 0.3) is 5.69 Å². The number of hydrazine groups is 1. The largest absolute Gasteiger partial charge is 0.273 e. The molecule has 138 valence electrons. The quantitative estimate of drug-likeness (QED) is 0.627. The van der Waals surface area contributed by atoms with E-state index in [9.17, 15) is 13.2 Å².